The molecule has 1 nitrogen and oxygen atoms in total. The van der Waals surface area contributed by atoms with Crippen LogP contribution < -0.4 is 0 Å². The van der Waals surface area contributed by atoms with Crippen LogP contribution in [0.15, 0.2) is 23.0 Å². The van der Waals surface area contributed by atoms with Gasteiger partial charge in [0.1, 0.15) is 5.76 Å². The maximum Gasteiger partial charge on any atom is 0.102 e. The Morgan fingerprint density at radius 1 is 0.935 bits per heavy atom. The van der Waals surface area contributed by atoms with Gasteiger partial charge in [-0.15, -0.1) is 0 Å². The number of hydrogen-bond donors (Lipinski definition) is 1. The van der Waals surface area contributed by atoms with Gasteiger partial charge < -0.3 is 5.11 Å². The highest BCUT2D eigenvalue weighted by atomic mass is 16.3. The fourth-order valence-electron chi connectivity index (χ4n) is 9.04. The van der Waals surface area contributed by atoms with Crippen molar-refractivity contribution < 1.29 is 5.11 Å². The second-order valence-corrected chi connectivity index (χ2v) is 13.2. The second kappa shape index (κ2) is 8.25. The third kappa shape index (κ3) is 3.56. The molecule has 0 spiro atoms. The van der Waals surface area contributed by atoms with Gasteiger partial charge in [0, 0.05) is 5.41 Å². The van der Waals surface area contributed by atoms with E-state index in [1.54, 1.807) is 0 Å². The van der Waals surface area contributed by atoms with Gasteiger partial charge in [-0.1, -0.05) is 60.5 Å². The highest BCUT2D eigenvalue weighted by Gasteiger charge is 2.61. The van der Waals surface area contributed by atoms with Crippen molar-refractivity contribution in [2.24, 2.45) is 58.2 Å². The summed E-state index contributed by atoms with van der Waals surface area (Å²) in [5.41, 5.74) is 2.97. The zero-order valence-corrected chi connectivity index (χ0v) is 21.8. The first-order valence-corrected chi connectivity index (χ1v) is 13.6. The van der Waals surface area contributed by atoms with Gasteiger partial charge in [-0.3, -0.25) is 0 Å². The summed E-state index contributed by atoms with van der Waals surface area (Å²) < 4.78 is 0. The second-order valence-electron chi connectivity index (χ2n) is 13.2. The van der Waals surface area contributed by atoms with E-state index in [1.807, 2.05) is 0 Å². The van der Waals surface area contributed by atoms with Crippen LogP contribution in [0.4, 0.5) is 0 Å². The van der Waals surface area contributed by atoms with Crippen molar-refractivity contribution in [3.05, 3.63) is 23.0 Å². The molecule has 1 unspecified atom stereocenters. The molecule has 1 heteroatoms. The average Bonchev–Trinajstić information content (AvgIpc) is 3.08. The minimum atomic E-state index is -0.0236. The molecule has 31 heavy (non-hydrogen) atoms. The van der Waals surface area contributed by atoms with Gasteiger partial charge in [0.15, 0.2) is 0 Å². The highest BCUT2D eigenvalue weighted by Crippen LogP contribution is 2.68. The van der Waals surface area contributed by atoms with Crippen LogP contribution in [0.3, 0.4) is 0 Å². The Morgan fingerprint density at radius 2 is 1.65 bits per heavy atom. The number of aliphatic hydroxyl groups excluding tert-OH is 1. The van der Waals surface area contributed by atoms with Gasteiger partial charge in [-0.2, -0.15) is 0 Å². The minimum Gasteiger partial charge on any atom is -0.511 e. The first-order valence-electron chi connectivity index (χ1n) is 13.6. The van der Waals surface area contributed by atoms with Crippen LogP contribution in [-0.2, 0) is 0 Å². The molecule has 1 N–H and O–H groups in total. The highest BCUT2D eigenvalue weighted by molar-refractivity contribution is 5.39. The monoisotopic (exact) mass is 426 g/mol. The van der Waals surface area contributed by atoms with Gasteiger partial charge in [-0.05, 0) is 116 Å². The Kier molecular flexibility index (Phi) is 6.24. The third-order valence-corrected chi connectivity index (χ3v) is 11.7. The number of allylic oxidation sites excluding steroid dienone is 4. The standard InChI is InChI=1S/C30H50O/c1-18(2)19(3)9-10-20(4)25-13-14-26-24-12-11-23-17-21(5)22(6)28(31)30(23,8)27(24)15-16-29(25,26)7/h17-20,23-27,31H,9-16H2,1-8H3/t19-,20+,23?,24-,25+,26-,27-,29+,30-/m0/s1. The quantitative estimate of drug-likeness (QED) is 0.465. The summed E-state index contributed by atoms with van der Waals surface area (Å²) in [6.45, 7) is 19.2. The fourth-order valence-corrected chi connectivity index (χ4v) is 9.04. The topological polar surface area (TPSA) is 20.2 Å². The molecule has 0 heterocycles. The van der Waals surface area contributed by atoms with E-state index in [1.165, 1.54) is 56.9 Å². The molecular formula is C30H50O. The van der Waals surface area contributed by atoms with Gasteiger partial charge in [0.25, 0.3) is 0 Å². The summed E-state index contributed by atoms with van der Waals surface area (Å²) in [5, 5.41) is 11.4. The summed E-state index contributed by atoms with van der Waals surface area (Å²) in [5.74, 6) is 7.04. The maximum absolute atomic E-state index is 11.4. The van der Waals surface area contributed by atoms with E-state index >= 15 is 0 Å². The van der Waals surface area contributed by atoms with Crippen LogP contribution >= 0.6 is 0 Å². The summed E-state index contributed by atoms with van der Waals surface area (Å²) in [4.78, 5) is 0. The molecule has 3 fully saturated rings. The molecule has 0 radical (unpaired) electrons. The average molecular weight is 427 g/mol. The summed E-state index contributed by atoms with van der Waals surface area (Å²) >= 11 is 0. The number of fused-ring (bicyclic) bond motifs is 5. The number of hydrogen-bond acceptors (Lipinski definition) is 1. The SMILES string of the molecule is CC1=CC2CC[C@H]3[C@@H]4CC[C@H]([C@H](C)CC[C@H](C)C(C)C)[C@@]4(C)CC[C@@H]3[C@@]2(C)C(O)=C1C. The van der Waals surface area contributed by atoms with Crippen molar-refractivity contribution in [1.29, 1.82) is 0 Å². The van der Waals surface area contributed by atoms with Crippen molar-refractivity contribution in [3.63, 3.8) is 0 Å². The van der Waals surface area contributed by atoms with Gasteiger partial charge >= 0.3 is 0 Å². The molecule has 0 bridgehead atoms. The first-order chi connectivity index (χ1) is 14.5. The van der Waals surface area contributed by atoms with Crippen LogP contribution in [0.25, 0.3) is 0 Å². The maximum atomic E-state index is 11.4. The Balaban J connectivity index is 1.53. The van der Waals surface area contributed by atoms with E-state index in [0.717, 1.165) is 46.8 Å². The molecule has 0 aromatic heterocycles. The van der Waals surface area contributed by atoms with Crippen molar-refractivity contribution >= 4 is 0 Å². The lowest BCUT2D eigenvalue weighted by Gasteiger charge is -2.59. The normalized spacial score (nSPS) is 44.4. The predicted octanol–water partition coefficient (Wildman–Crippen LogP) is 8.96. The van der Waals surface area contributed by atoms with Gasteiger partial charge in [0.2, 0.25) is 0 Å². The molecule has 0 aromatic carbocycles. The van der Waals surface area contributed by atoms with Gasteiger partial charge in [-0.25, -0.2) is 0 Å². The number of aliphatic hydroxyl groups is 1. The molecule has 0 amide bonds. The molecule has 4 aliphatic rings. The smallest absolute Gasteiger partial charge is 0.102 e. The zero-order chi connectivity index (χ0) is 22.7. The van der Waals surface area contributed by atoms with Crippen LogP contribution in [0.5, 0.6) is 0 Å². The Hall–Kier alpha value is -0.720. The predicted molar refractivity (Wildman–Crippen MR) is 133 cm³/mol. The fraction of sp³-hybridized carbons (Fsp3) is 0.867. The molecule has 176 valence electrons. The molecular weight excluding hydrogens is 376 g/mol. The van der Waals surface area contributed by atoms with Crippen molar-refractivity contribution in [1.82, 2.24) is 0 Å². The van der Waals surface area contributed by atoms with E-state index < -0.39 is 0 Å². The first kappa shape index (κ1) is 23.4. The lowest BCUT2D eigenvalue weighted by molar-refractivity contribution is -0.0903. The van der Waals surface area contributed by atoms with Crippen LogP contribution in [0, 0.1) is 58.2 Å². The molecule has 4 rings (SSSR count). The zero-order valence-electron chi connectivity index (χ0n) is 21.8. The molecule has 9 atom stereocenters. The molecule has 0 aliphatic heterocycles. The van der Waals surface area contributed by atoms with Crippen molar-refractivity contribution in [3.8, 4) is 0 Å². The van der Waals surface area contributed by atoms with Crippen molar-refractivity contribution in [2.45, 2.75) is 107 Å². The molecule has 0 aromatic rings. The Labute approximate surface area is 193 Å². The molecule has 4 aliphatic carbocycles. The van der Waals surface area contributed by atoms with E-state index in [0.29, 0.717) is 17.3 Å². The third-order valence-electron chi connectivity index (χ3n) is 11.7. The van der Waals surface area contributed by atoms with E-state index in [-0.39, 0.29) is 5.41 Å². The molecule has 0 saturated heterocycles. The van der Waals surface area contributed by atoms with Crippen LogP contribution in [0.1, 0.15) is 107 Å². The largest absolute Gasteiger partial charge is 0.511 e. The van der Waals surface area contributed by atoms with E-state index in [4.69, 9.17) is 0 Å². The summed E-state index contributed by atoms with van der Waals surface area (Å²) in [6.07, 6.45) is 13.5. The Bertz CT molecular complexity index is 744. The summed E-state index contributed by atoms with van der Waals surface area (Å²) in [6, 6.07) is 0. The lowest BCUT2D eigenvalue weighted by atomic mass is 9.45. The molecule has 3 saturated carbocycles. The van der Waals surface area contributed by atoms with Crippen LogP contribution in [-0.4, -0.2) is 5.11 Å². The lowest BCUT2D eigenvalue weighted by Crippen LogP contribution is -2.53. The van der Waals surface area contributed by atoms with Crippen LogP contribution in [0.2, 0.25) is 0 Å². The minimum absolute atomic E-state index is 0.0236. The van der Waals surface area contributed by atoms with Gasteiger partial charge in [0.05, 0.1) is 0 Å². The van der Waals surface area contributed by atoms with E-state index in [2.05, 4.69) is 61.5 Å². The van der Waals surface area contributed by atoms with E-state index in [9.17, 15) is 5.11 Å². The Morgan fingerprint density at radius 3 is 2.32 bits per heavy atom. The van der Waals surface area contributed by atoms with Crippen molar-refractivity contribution in [2.75, 3.05) is 0 Å². The number of rotatable bonds is 5. The summed E-state index contributed by atoms with van der Waals surface area (Å²) in [7, 11) is 0.